The van der Waals surface area contributed by atoms with E-state index in [-0.39, 0.29) is 17.7 Å². The maximum absolute atomic E-state index is 12.4. The fourth-order valence-electron chi connectivity index (χ4n) is 3.62. The molecule has 5 nitrogen and oxygen atoms in total. The van der Waals surface area contributed by atoms with E-state index < -0.39 is 0 Å². The van der Waals surface area contributed by atoms with Gasteiger partial charge in [-0.25, -0.2) is 0 Å². The van der Waals surface area contributed by atoms with E-state index >= 15 is 0 Å². The molecule has 1 atom stereocenters. The third-order valence-corrected chi connectivity index (χ3v) is 5.52. The Morgan fingerprint density at radius 2 is 2.04 bits per heavy atom. The zero-order chi connectivity index (χ0) is 17.6. The largest absolute Gasteiger partial charge is 0.355 e. The van der Waals surface area contributed by atoms with E-state index in [0.717, 1.165) is 29.7 Å². The maximum atomic E-state index is 12.4. The molecule has 0 radical (unpaired) electrons. The Bertz CT molecular complexity index is 616. The van der Waals surface area contributed by atoms with Gasteiger partial charge in [-0.1, -0.05) is 34.5 Å². The molecular weight excluding hydrogens is 382 g/mol. The van der Waals surface area contributed by atoms with Gasteiger partial charge in [-0.15, -0.1) is 0 Å². The Kier molecular flexibility index (Phi) is 6.48. The predicted octanol–water partition coefficient (Wildman–Crippen LogP) is 2.40. The van der Waals surface area contributed by atoms with Gasteiger partial charge in [0.25, 0.3) is 0 Å². The second kappa shape index (κ2) is 8.81. The van der Waals surface area contributed by atoms with Crippen LogP contribution in [-0.4, -0.2) is 54.3 Å². The van der Waals surface area contributed by atoms with Crippen LogP contribution >= 0.6 is 15.9 Å². The number of nitrogens with one attached hydrogen (secondary N) is 1. The number of carbonyl (C=O) groups excluding carboxylic acids is 2. The van der Waals surface area contributed by atoms with Crippen molar-refractivity contribution in [3.63, 3.8) is 0 Å². The molecule has 0 aromatic heterocycles. The van der Waals surface area contributed by atoms with Gasteiger partial charge < -0.3 is 15.1 Å². The minimum Gasteiger partial charge on any atom is -0.355 e. The first-order valence-corrected chi connectivity index (χ1v) is 9.93. The molecule has 2 heterocycles. The van der Waals surface area contributed by atoms with Crippen molar-refractivity contribution in [2.75, 3.05) is 32.7 Å². The summed E-state index contributed by atoms with van der Waals surface area (Å²) in [7, 11) is 0. The summed E-state index contributed by atoms with van der Waals surface area (Å²) in [6.07, 6.45) is 4.16. The third kappa shape index (κ3) is 5.28. The molecule has 6 heteroatoms. The standard InChI is InChI=1S/C19H26BrN3O2/c20-17-6-4-5-15(11-17)13-23-14-16(12-18(23)24)19(25)21-7-10-22-8-2-1-3-9-22/h4-6,11,16H,1-3,7-10,12-14H2,(H,21,25). The van der Waals surface area contributed by atoms with Crippen LogP contribution in [0.15, 0.2) is 28.7 Å². The fraction of sp³-hybridized carbons (Fsp3) is 0.579. The molecule has 1 aromatic carbocycles. The maximum Gasteiger partial charge on any atom is 0.225 e. The van der Waals surface area contributed by atoms with Gasteiger partial charge in [0, 0.05) is 37.1 Å². The molecule has 2 aliphatic heterocycles. The van der Waals surface area contributed by atoms with Gasteiger partial charge >= 0.3 is 0 Å². The molecule has 2 amide bonds. The number of piperidine rings is 1. The van der Waals surface area contributed by atoms with Gasteiger partial charge in [0.05, 0.1) is 5.92 Å². The van der Waals surface area contributed by atoms with Crippen molar-refractivity contribution in [3.05, 3.63) is 34.3 Å². The second-order valence-electron chi connectivity index (χ2n) is 7.00. The molecule has 0 aliphatic carbocycles. The van der Waals surface area contributed by atoms with Crippen LogP contribution < -0.4 is 5.32 Å². The molecular formula is C19H26BrN3O2. The van der Waals surface area contributed by atoms with E-state index in [2.05, 4.69) is 26.1 Å². The normalized spacial score (nSPS) is 21.6. The summed E-state index contributed by atoms with van der Waals surface area (Å²) in [5, 5.41) is 3.02. The molecule has 1 N–H and O–H groups in total. The number of benzene rings is 1. The van der Waals surface area contributed by atoms with Crippen LogP contribution in [0.1, 0.15) is 31.2 Å². The minimum atomic E-state index is -0.221. The number of likely N-dealkylation sites (tertiary alicyclic amines) is 2. The summed E-state index contributed by atoms with van der Waals surface area (Å²) in [6.45, 7) is 4.94. The Labute approximate surface area is 157 Å². The molecule has 0 spiro atoms. The average molecular weight is 408 g/mol. The molecule has 2 fully saturated rings. The summed E-state index contributed by atoms with van der Waals surface area (Å²) in [5.41, 5.74) is 1.08. The average Bonchev–Trinajstić information content (AvgIpc) is 2.97. The van der Waals surface area contributed by atoms with Gasteiger partial charge in [0.15, 0.2) is 0 Å². The summed E-state index contributed by atoms with van der Waals surface area (Å²) in [5.74, 6) is -0.140. The van der Waals surface area contributed by atoms with Crippen LogP contribution in [0, 0.1) is 5.92 Å². The van der Waals surface area contributed by atoms with E-state index in [4.69, 9.17) is 0 Å². The monoisotopic (exact) mass is 407 g/mol. The highest BCUT2D eigenvalue weighted by Gasteiger charge is 2.34. The lowest BCUT2D eigenvalue weighted by Crippen LogP contribution is -2.40. The summed E-state index contributed by atoms with van der Waals surface area (Å²) < 4.78 is 1.00. The number of hydrogen-bond acceptors (Lipinski definition) is 3. The SMILES string of the molecule is O=C(NCCN1CCCCC1)C1CC(=O)N(Cc2cccc(Br)c2)C1. The quantitative estimate of drug-likeness (QED) is 0.787. The topological polar surface area (TPSA) is 52.7 Å². The molecule has 2 saturated heterocycles. The lowest BCUT2D eigenvalue weighted by atomic mass is 10.1. The number of halogens is 1. The van der Waals surface area contributed by atoms with E-state index in [1.54, 1.807) is 4.90 Å². The van der Waals surface area contributed by atoms with E-state index in [0.29, 0.717) is 26.1 Å². The predicted molar refractivity (Wildman–Crippen MR) is 101 cm³/mol. The molecule has 3 rings (SSSR count). The Morgan fingerprint density at radius 3 is 2.80 bits per heavy atom. The van der Waals surface area contributed by atoms with Crippen LogP contribution in [0.25, 0.3) is 0 Å². The van der Waals surface area contributed by atoms with Crippen molar-refractivity contribution in [1.29, 1.82) is 0 Å². The van der Waals surface area contributed by atoms with Crippen molar-refractivity contribution >= 4 is 27.7 Å². The number of carbonyl (C=O) groups is 2. The van der Waals surface area contributed by atoms with Crippen molar-refractivity contribution in [3.8, 4) is 0 Å². The molecule has 0 saturated carbocycles. The Morgan fingerprint density at radius 1 is 1.24 bits per heavy atom. The van der Waals surface area contributed by atoms with Crippen LogP contribution in [0.3, 0.4) is 0 Å². The molecule has 1 aromatic rings. The van der Waals surface area contributed by atoms with Crippen molar-refractivity contribution in [2.45, 2.75) is 32.2 Å². The van der Waals surface area contributed by atoms with Gasteiger partial charge in [-0.2, -0.15) is 0 Å². The first-order valence-electron chi connectivity index (χ1n) is 9.14. The number of rotatable bonds is 6. The van der Waals surface area contributed by atoms with Gasteiger partial charge in [-0.3, -0.25) is 9.59 Å². The highest BCUT2D eigenvalue weighted by atomic mass is 79.9. The van der Waals surface area contributed by atoms with E-state index in [1.165, 1.54) is 19.3 Å². The molecule has 1 unspecified atom stereocenters. The number of nitrogens with zero attached hydrogens (tertiary/aromatic N) is 2. The lowest BCUT2D eigenvalue weighted by Gasteiger charge is -2.26. The highest BCUT2D eigenvalue weighted by molar-refractivity contribution is 9.10. The molecule has 136 valence electrons. The summed E-state index contributed by atoms with van der Waals surface area (Å²) >= 11 is 3.45. The van der Waals surface area contributed by atoms with Gasteiger partial charge in [-0.05, 0) is 43.6 Å². The van der Waals surface area contributed by atoms with Crippen LogP contribution in [0.2, 0.25) is 0 Å². The Balaban J connectivity index is 1.43. The van der Waals surface area contributed by atoms with Crippen molar-refractivity contribution in [2.24, 2.45) is 5.92 Å². The lowest BCUT2D eigenvalue weighted by molar-refractivity contribution is -0.129. The summed E-state index contributed by atoms with van der Waals surface area (Å²) in [6, 6.07) is 7.95. The number of hydrogen-bond donors (Lipinski definition) is 1. The zero-order valence-electron chi connectivity index (χ0n) is 14.5. The van der Waals surface area contributed by atoms with Gasteiger partial charge in [0.1, 0.15) is 0 Å². The van der Waals surface area contributed by atoms with Gasteiger partial charge in [0.2, 0.25) is 11.8 Å². The zero-order valence-corrected chi connectivity index (χ0v) is 16.1. The second-order valence-corrected chi connectivity index (χ2v) is 7.91. The Hall–Kier alpha value is -1.40. The van der Waals surface area contributed by atoms with E-state index in [1.807, 2.05) is 24.3 Å². The third-order valence-electron chi connectivity index (χ3n) is 5.02. The van der Waals surface area contributed by atoms with Crippen molar-refractivity contribution in [1.82, 2.24) is 15.1 Å². The smallest absolute Gasteiger partial charge is 0.225 e. The molecule has 2 aliphatic rings. The molecule has 0 bridgehead atoms. The first kappa shape index (κ1) is 18.4. The van der Waals surface area contributed by atoms with Crippen molar-refractivity contribution < 1.29 is 9.59 Å². The molecule has 25 heavy (non-hydrogen) atoms. The van der Waals surface area contributed by atoms with Crippen LogP contribution in [0.5, 0.6) is 0 Å². The number of amides is 2. The van der Waals surface area contributed by atoms with Crippen LogP contribution in [-0.2, 0) is 16.1 Å². The summed E-state index contributed by atoms with van der Waals surface area (Å²) in [4.78, 5) is 28.8. The van der Waals surface area contributed by atoms with E-state index in [9.17, 15) is 9.59 Å². The highest BCUT2D eigenvalue weighted by Crippen LogP contribution is 2.21. The fourth-order valence-corrected chi connectivity index (χ4v) is 4.07. The minimum absolute atomic E-state index is 0.0158. The first-order chi connectivity index (χ1) is 12.1. The van der Waals surface area contributed by atoms with Crippen LogP contribution in [0.4, 0.5) is 0 Å².